The highest BCUT2D eigenvalue weighted by Crippen LogP contribution is 2.58. The van der Waals surface area contributed by atoms with E-state index in [1.54, 1.807) is 48.7 Å². The Kier molecular flexibility index (Phi) is 6.71. The first kappa shape index (κ1) is 23.1. The minimum Gasteiger partial charge on any atom is -0.367 e. The molecule has 3 saturated heterocycles. The van der Waals surface area contributed by atoms with Crippen LogP contribution in [0.3, 0.4) is 0 Å². The van der Waals surface area contributed by atoms with Crippen LogP contribution in [0.15, 0.2) is 58.4 Å². The number of nitrogens with zero attached hydrogens (tertiary/aromatic N) is 1. The molecule has 0 aliphatic carbocycles. The van der Waals surface area contributed by atoms with E-state index in [1.807, 2.05) is 6.92 Å². The average molecular weight is 493 g/mol. The van der Waals surface area contributed by atoms with E-state index in [1.165, 1.54) is 0 Å². The normalized spacial score (nSPS) is 32.3. The maximum Gasteiger partial charge on any atom is 0.259 e. The molecule has 10 heteroatoms. The van der Waals surface area contributed by atoms with Gasteiger partial charge in [0.2, 0.25) is 0 Å². The van der Waals surface area contributed by atoms with Gasteiger partial charge in [-0.2, -0.15) is 0 Å². The first-order valence-corrected chi connectivity index (χ1v) is 14.3. The van der Waals surface area contributed by atoms with Crippen molar-refractivity contribution in [2.24, 2.45) is 0 Å². The van der Waals surface area contributed by atoms with E-state index in [2.05, 4.69) is 9.65 Å². The van der Waals surface area contributed by atoms with Gasteiger partial charge in [0.25, 0.3) is 14.1 Å². The molecule has 0 saturated carbocycles. The highest BCUT2D eigenvalue weighted by molar-refractivity contribution is 7.91. The molecule has 6 atom stereocenters. The first-order chi connectivity index (χ1) is 16.0. The number of fused-ring (bicyclic) bond motifs is 1. The summed E-state index contributed by atoms with van der Waals surface area (Å²) < 4.78 is 47.1. The van der Waals surface area contributed by atoms with Crippen LogP contribution in [0.5, 0.6) is 0 Å². The Morgan fingerprint density at radius 3 is 2.76 bits per heavy atom. The van der Waals surface area contributed by atoms with Crippen LogP contribution in [0.4, 0.5) is 0 Å². The fourth-order valence-electron chi connectivity index (χ4n) is 4.96. The van der Waals surface area contributed by atoms with Gasteiger partial charge < -0.3 is 18.8 Å². The van der Waals surface area contributed by atoms with Crippen LogP contribution in [0.2, 0.25) is 0 Å². The van der Waals surface area contributed by atoms with Crippen LogP contribution in [0.25, 0.3) is 0 Å². The number of ether oxygens (including phenoxy) is 1. The summed E-state index contributed by atoms with van der Waals surface area (Å²) in [6, 6.07) is 12.2. The quantitative estimate of drug-likeness (QED) is 0.590. The Morgan fingerprint density at radius 2 is 2.00 bits per heavy atom. The lowest BCUT2D eigenvalue weighted by molar-refractivity contribution is 0.0120. The number of nitrogens with one attached hydrogen (secondary N) is 1. The van der Waals surface area contributed by atoms with Crippen molar-refractivity contribution in [3.05, 3.63) is 64.6 Å². The predicted octanol–water partition coefficient (Wildman–Crippen LogP) is 3.56. The smallest absolute Gasteiger partial charge is 0.259 e. The van der Waals surface area contributed by atoms with Gasteiger partial charge in [-0.1, -0.05) is 25.1 Å². The summed E-state index contributed by atoms with van der Waals surface area (Å²) in [5, 5.41) is 0. The Hall–Kier alpha value is -1.61. The largest absolute Gasteiger partial charge is 0.367 e. The summed E-state index contributed by atoms with van der Waals surface area (Å²) in [4.78, 5) is 15.3. The molecule has 0 bridgehead atoms. The number of benzene rings is 1. The predicted molar refractivity (Wildman–Crippen MR) is 124 cm³/mol. The molecule has 4 heterocycles. The second-order valence-electron chi connectivity index (χ2n) is 8.75. The molecule has 1 unspecified atom stereocenters. The van der Waals surface area contributed by atoms with E-state index in [-0.39, 0.29) is 35.7 Å². The number of aromatic amines is 1. The summed E-state index contributed by atoms with van der Waals surface area (Å²) in [5.74, 6) is -0.0548. The lowest BCUT2D eigenvalue weighted by Crippen LogP contribution is -2.33. The van der Waals surface area contributed by atoms with Crippen molar-refractivity contribution in [3.8, 4) is 0 Å². The zero-order valence-electron chi connectivity index (χ0n) is 18.5. The highest BCUT2D eigenvalue weighted by atomic mass is 32.2. The number of H-pyrrole nitrogens is 1. The Bertz CT molecular complexity index is 1130. The number of pyridine rings is 1. The standard InChI is InChI=1S/C23H29N2O6PS/c1-2-19-21(14-20(29-19)17-10-6-12-24-23(17)26)30-32-25-13-7-11-18(25)22(31-32)15-33(27,28)16-8-4-3-5-9-16/h3-6,8-10,12,18-22H,2,7,11,13-15H2,1H3,(H,24,26)/t18-,19+,20+,21?,22+,32-/m0/s1. The fraction of sp³-hybridized carbons (Fsp3) is 0.522. The first-order valence-electron chi connectivity index (χ1n) is 11.5. The van der Waals surface area contributed by atoms with Gasteiger partial charge in [-0.25, -0.2) is 13.1 Å². The molecule has 3 aliphatic heterocycles. The van der Waals surface area contributed by atoms with Crippen LogP contribution >= 0.6 is 8.53 Å². The van der Waals surface area contributed by atoms with E-state index >= 15 is 0 Å². The maximum atomic E-state index is 13.0. The molecule has 0 spiro atoms. The molecule has 0 amide bonds. The topological polar surface area (TPSA) is 97.9 Å². The van der Waals surface area contributed by atoms with E-state index in [0.717, 1.165) is 25.8 Å². The lowest BCUT2D eigenvalue weighted by Gasteiger charge is -2.25. The average Bonchev–Trinajstić information content (AvgIpc) is 3.52. The van der Waals surface area contributed by atoms with Crippen molar-refractivity contribution in [2.45, 2.75) is 68.0 Å². The molecular weight excluding hydrogens is 463 g/mol. The number of sulfone groups is 1. The summed E-state index contributed by atoms with van der Waals surface area (Å²) >= 11 is 0. The van der Waals surface area contributed by atoms with Crippen molar-refractivity contribution in [3.63, 3.8) is 0 Å². The van der Waals surface area contributed by atoms with E-state index in [0.29, 0.717) is 16.9 Å². The molecule has 5 rings (SSSR count). The van der Waals surface area contributed by atoms with Gasteiger partial charge in [0.1, 0.15) is 0 Å². The second kappa shape index (κ2) is 9.56. The monoisotopic (exact) mass is 492 g/mol. The van der Waals surface area contributed by atoms with Crippen LogP contribution in [0, 0.1) is 0 Å². The minimum absolute atomic E-state index is 0.0461. The maximum absolute atomic E-state index is 13.0. The Morgan fingerprint density at radius 1 is 1.18 bits per heavy atom. The van der Waals surface area contributed by atoms with Gasteiger partial charge in [-0.3, -0.25) is 4.79 Å². The molecule has 8 nitrogen and oxygen atoms in total. The molecule has 3 fully saturated rings. The molecule has 178 valence electrons. The van der Waals surface area contributed by atoms with E-state index in [4.69, 9.17) is 13.8 Å². The van der Waals surface area contributed by atoms with E-state index < -0.39 is 24.5 Å². The van der Waals surface area contributed by atoms with Gasteiger partial charge in [0, 0.05) is 30.8 Å². The van der Waals surface area contributed by atoms with Gasteiger partial charge in [0.05, 0.1) is 35.1 Å². The summed E-state index contributed by atoms with van der Waals surface area (Å²) in [6.45, 7) is 2.87. The minimum atomic E-state index is -3.46. The van der Waals surface area contributed by atoms with Crippen LogP contribution in [-0.2, 0) is 23.6 Å². The number of aromatic nitrogens is 1. The van der Waals surface area contributed by atoms with Crippen LogP contribution < -0.4 is 5.56 Å². The third kappa shape index (κ3) is 4.67. The van der Waals surface area contributed by atoms with Crippen molar-refractivity contribution in [2.75, 3.05) is 12.3 Å². The van der Waals surface area contributed by atoms with Gasteiger partial charge >= 0.3 is 0 Å². The number of hydrogen-bond donors (Lipinski definition) is 1. The van der Waals surface area contributed by atoms with Crippen molar-refractivity contribution in [1.82, 2.24) is 9.65 Å². The summed E-state index contributed by atoms with van der Waals surface area (Å²) in [5.41, 5.74) is 0.458. The van der Waals surface area contributed by atoms with Crippen LogP contribution in [0.1, 0.15) is 44.3 Å². The lowest BCUT2D eigenvalue weighted by atomic mass is 10.1. The summed E-state index contributed by atoms with van der Waals surface area (Å²) in [7, 11) is -4.84. The molecule has 2 aromatic rings. The van der Waals surface area contributed by atoms with Gasteiger partial charge in [-0.15, -0.1) is 0 Å². The Labute approximate surface area is 195 Å². The molecule has 3 aliphatic rings. The van der Waals surface area contributed by atoms with Crippen molar-refractivity contribution >= 4 is 18.4 Å². The van der Waals surface area contributed by atoms with Crippen molar-refractivity contribution < 1.29 is 22.2 Å². The molecular formula is C23H29N2O6PS. The van der Waals surface area contributed by atoms with Gasteiger partial charge in [-0.05, 0) is 43.5 Å². The third-order valence-electron chi connectivity index (χ3n) is 6.64. The SMILES string of the molecule is CC[C@H]1O[C@@H](c2ccc[nH]c2=O)CC1O[P@@]1O[C@H](CS(=O)(=O)c2ccccc2)[C@@H]2CCCN21. The van der Waals surface area contributed by atoms with Crippen molar-refractivity contribution in [1.29, 1.82) is 0 Å². The number of hydrogen-bond acceptors (Lipinski definition) is 7. The fourth-order valence-corrected chi connectivity index (χ4v) is 8.55. The molecule has 1 aromatic carbocycles. The molecule has 33 heavy (non-hydrogen) atoms. The zero-order valence-corrected chi connectivity index (χ0v) is 20.2. The zero-order chi connectivity index (χ0) is 23.0. The van der Waals surface area contributed by atoms with Crippen LogP contribution in [-0.4, -0.2) is 54.7 Å². The number of rotatable bonds is 7. The molecule has 1 N–H and O–H groups in total. The highest BCUT2D eigenvalue weighted by Gasteiger charge is 2.50. The van der Waals surface area contributed by atoms with Gasteiger partial charge in [0.15, 0.2) is 9.84 Å². The molecule has 0 radical (unpaired) electrons. The summed E-state index contributed by atoms with van der Waals surface area (Å²) in [6.07, 6.45) is 3.73. The second-order valence-corrected chi connectivity index (χ2v) is 12.2. The molecule has 1 aromatic heterocycles. The van der Waals surface area contributed by atoms with E-state index in [9.17, 15) is 13.2 Å². The Balaban J connectivity index is 1.30. The third-order valence-corrected chi connectivity index (χ3v) is 10.2.